The first-order valence-electron chi connectivity index (χ1n) is 6.10. The molecule has 0 bridgehead atoms. The Balaban J connectivity index is 2.40. The second-order valence-electron chi connectivity index (χ2n) is 4.90. The van der Waals surface area contributed by atoms with Crippen molar-refractivity contribution >= 4 is 17.3 Å². The summed E-state index contributed by atoms with van der Waals surface area (Å²) < 4.78 is 0. The van der Waals surface area contributed by atoms with E-state index in [2.05, 4.69) is 0 Å². The van der Waals surface area contributed by atoms with Gasteiger partial charge in [-0.1, -0.05) is 6.92 Å². The van der Waals surface area contributed by atoms with Gasteiger partial charge in [0.2, 0.25) is 0 Å². The quantitative estimate of drug-likeness (QED) is 0.663. The number of hydrogen-bond donors (Lipinski definition) is 1. The van der Waals surface area contributed by atoms with Crippen molar-refractivity contribution in [1.29, 1.82) is 5.26 Å². The zero-order valence-corrected chi connectivity index (χ0v) is 10.8. The van der Waals surface area contributed by atoms with Crippen LogP contribution in [0.3, 0.4) is 0 Å². The number of nitro benzene ring substituents is 1. The fourth-order valence-corrected chi connectivity index (χ4v) is 2.49. The van der Waals surface area contributed by atoms with Crippen LogP contribution in [0.25, 0.3) is 0 Å². The maximum Gasteiger partial charge on any atom is 0.308 e. The first kappa shape index (κ1) is 13.8. The van der Waals surface area contributed by atoms with Crippen molar-refractivity contribution in [2.45, 2.75) is 6.92 Å². The number of carboxylic acids is 1. The van der Waals surface area contributed by atoms with E-state index in [0.29, 0.717) is 17.8 Å². The molecule has 2 unspecified atom stereocenters. The van der Waals surface area contributed by atoms with Crippen molar-refractivity contribution in [2.24, 2.45) is 11.8 Å². The van der Waals surface area contributed by atoms with Crippen LogP contribution in [-0.4, -0.2) is 29.1 Å². The van der Waals surface area contributed by atoms with E-state index in [4.69, 9.17) is 10.4 Å². The number of nitrogens with zero attached hydrogens (tertiary/aromatic N) is 3. The molecule has 1 saturated heterocycles. The molecule has 104 valence electrons. The lowest BCUT2D eigenvalue weighted by Gasteiger charge is -2.18. The molecule has 2 atom stereocenters. The Bertz CT molecular complexity index is 608. The van der Waals surface area contributed by atoms with Crippen LogP contribution >= 0.6 is 0 Å². The molecule has 7 heteroatoms. The van der Waals surface area contributed by atoms with Crippen molar-refractivity contribution in [2.75, 3.05) is 18.0 Å². The molecule has 1 aliphatic heterocycles. The van der Waals surface area contributed by atoms with Gasteiger partial charge < -0.3 is 10.0 Å². The first-order valence-corrected chi connectivity index (χ1v) is 6.10. The molecule has 7 nitrogen and oxygen atoms in total. The highest BCUT2D eigenvalue weighted by atomic mass is 16.6. The Morgan fingerprint density at radius 1 is 1.55 bits per heavy atom. The summed E-state index contributed by atoms with van der Waals surface area (Å²) >= 11 is 0. The summed E-state index contributed by atoms with van der Waals surface area (Å²) in [6, 6.07) is 6.05. The van der Waals surface area contributed by atoms with E-state index in [0.717, 1.165) is 0 Å². The highest BCUT2D eigenvalue weighted by Crippen LogP contribution is 2.35. The zero-order valence-electron chi connectivity index (χ0n) is 10.8. The maximum absolute atomic E-state index is 11.1. The summed E-state index contributed by atoms with van der Waals surface area (Å²) in [5.41, 5.74) is 0.518. The Labute approximate surface area is 115 Å². The fraction of sp³-hybridized carbons (Fsp3) is 0.385. The number of aliphatic carboxylic acids is 1. The lowest BCUT2D eigenvalue weighted by atomic mass is 9.99. The molecule has 20 heavy (non-hydrogen) atoms. The van der Waals surface area contributed by atoms with Crippen LogP contribution in [0.4, 0.5) is 11.4 Å². The molecule has 1 heterocycles. The lowest BCUT2D eigenvalue weighted by Crippen LogP contribution is -2.23. The van der Waals surface area contributed by atoms with Crippen LogP contribution in [0, 0.1) is 33.3 Å². The van der Waals surface area contributed by atoms with E-state index < -0.39 is 16.8 Å². The molecule has 0 spiro atoms. The molecule has 1 aromatic carbocycles. The SMILES string of the molecule is CC1CN(c2cc(C#N)ccc2[N+](=O)[O-])CC1C(=O)O. The normalized spacial score (nSPS) is 21.5. The minimum absolute atomic E-state index is 0.0992. The maximum atomic E-state index is 11.1. The minimum Gasteiger partial charge on any atom is -0.481 e. The van der Waals surface area contributed by atoms with Gasteiger partial charge >= 0.3 is 5.97 Å². The van der Waals surface area contributed by atoms with Crippen LogP contribution in [0.2, 0.25) is 0 Å². The summed E-state index contributed by atoms with van der Waals surface area (Å²) in [5.74, 6) is -1.56. The molecule has 1 fully saturated rings. The van der Waals surface area contributed by atoms with Gasteiger partial charge in [-0.05, 0) is 18.1 Å². The van der Waals surface area contributed by atoms with Gasteiger partial charge in [0.25, 0.3) is 5.69 Å². The van der Waals surface area contributed by atoms with Crippen LogP contribution in [0.15, 0.2) is 18.2 Å². The van der Waals surface area contributed by atoms with Gasteiger partial charge in [-0.3, -0.25) is 14.9 Å². The summed E-state index contributed by atoms with van der Waals surface area (Å²) in [6.45, 7) is 2.44. The average molecular weight is 275 g/mol. The van der Waals surface area contributed by atoms with E-state index in [1.807, 2.05) is 6.07 Å². The van der Waals surface area contributed by atoms with Gasteiger partial charge in [0.1, 0.15) is 5.69 Å². The number of nitriles is 1. The first-order chi connectivity index (χ1) is 9.43. The number of anilines is 1. The van der Waals surface area contributed by atoms with Gasteiger partial charge in [0.05, 0.1) is 22.5 Å². The van der Waals surface area contributed by atoms with Gasteiger partial charge in [-0.25, -0.2) is 0 Å². The highest BCUT2D eigenvalue weighted by molar-refractivity contribution is 5.74. The van der Waals surface area contributed by atoms with Crippen molar-refractivity contribution in [3.8, 4) is 6.07 Å². The van der Waals surface area contributed by atoms with Crippen molar-refractivity contribution in [3.63, 3.8) is 0 Å². The fourth-order valence-electron chi connectivity index (χ4n) is 2.49. The summed E-state index contributed by atoms with van der Waals surface area (Å²) in [7, 11) is 0. The molecule has 1 aliphatic rings. The summed E-state index contributed by atoms with van der Waals surface area (Å²) in [5, 5.41) is 29.1. The summed E-state index contributed by atoms with van der Waals surface area (Å²) in [6.07, 6.45) is 0. The number of nitro groups is 1. The van der Waals surface area contributed by atoms with Crippen LogP contribution in [0.1, 0.15) is 12.5 Å². The molecule has 2 rings (SSSR count). The third-order valence-corrected chi connectivity index (χ3v) is 3.57. The molecule has 1 aromatic rings. The third kappa shape index (κ3) is 2.40. The molecule has 0 amide bonds. The van der Waals surface area contributed by atoms with Crippen LogP contribution in [-0.2, 0) is 4.79 Å². The second kappa shape index (κ2) is 5.17. The molecular weight excluding hydrogens is 262 g/mol. The van der Waals surface area contributed by atoms with Crippen LogP contribution < -0.4 is 4.90 Å². The smallest absolute Gasteiger partial charge is 0.308 e. The Morgan fingerprint density at radius 3 is 2.75 bits per heavy atom. The average Bonchev–Trinajstić information content (AvgIpc) is 2.80. The monoisotopic (exact) mass is 275 g/mol. The van der Waals surface area contributed by atoms with Crippen molar-refractivity contribution in [3.05, 3.63) is 33.9 Å². The van der Waals surface area contributed by atoms with E-state index in [1.54, 1.807) is 11.8 Å². The molecule has 0 aliphatic carbocycles. The van der Waals surface area contributed by atoms with Gasteiger partial charge in [0.15, 0.2) is 0 Å². The Morgan fingerprint density at radius 2 is 2.25 bits per heavy atom. The van der Waals surface area contributed by atoms with E-state index >= 15 is 0 Å². The second-order valence-corrected chi connectivity index (χ2v) is 4.90. The zero-order chi connectivity index (χ0) is 14.9. The predicted molar refractivity (Wildman–Crippen MR) is 70.3 cm³/mol. The minimum atomic E-state index is -0.904. The number of carboxylic acid groups (broad SMARTS) is 1. The standard InChI is InChI=1S/C13H13N3O4/c1-8-6-15(7-10(8)13(17)18)12-4-9(5-14)2-3-11(12)16(19)20/h2-4,8,10H,6-7H2,1H3,(H,17,18). The van der Waals surface area contributed by atoms with Gasteiger partial charge in [-0.15, -0.1) is 0 Å². The van der Waals surface area contributed by atoms with Gasteiger partial charge in [-0.2, -0.15) is 5.26 Å². The summed E-state index contributed by atoms with van der Waals surface area (Å²) in [4.78, 5) is 23.3. The van der Waals surface area contributed by atoms with Crippen LogP contribution in [0.5, 0.6) is 0 Å². The topological polar surface area (TPSA) is 107 Å². The molecular formula is C13H13N3O4. The van der Waals surface area contributed by atoms with Gasteiger partial charge in [0, 0.05) is 19.2 Å². The lowest BCUT2D eigenvalue weighted by molar-refractivity contribution is -0.384. The number of hydrogen-bond acceptors (Lipinski definition) is 5. The van der Waals surface area contributed by atoms with E-state index in [9.17, 15) is 14.9 Å². The number of rotatable bonds is 3. The molecule has 0 aromatic heterocycles. The molecule has 1 N–H and O–H groups in total. The van der Waals surface area contributed by atoms with E-state index in [1.165, 1.54) is 18.2 Å². The van der Waals surface area contributed by atoms with Crippen molar-refractivity contribution < 1.29 is 14.8 Å². The number of carbonyl (C=O) groups is 1. The predicted octanol–water partition coefficient (Wildman–Crippen LogP) is 1.62. The molecule has 0 saturated carbocycles. The van der Waals surface area contributed by atoms with Crippen molar-refractivity contribution in [1.82, 2.24) is 0 Å². The Kier molecular flexibility index (Phi) is 3.57. The highest BCUT2D eigenvalue weighted by Gasteiger charge is 2.37. The van der Waals surface area contributed by atoms with E-state index in [-0.39, 0.29) is 18.2 Å². The largest absolute Gasteiger partial charge is 0.481 e. The Hall–Kier alpha value is -2.62. The molecule has 0 radical (unpaired) electrons. The number of benzene rings is 1. The third-order valence-electron chi connectivity index (χ3n) is 3.57.